The minimum Gasteiger partial charge on any atom is -0.383 e. The molecular weight excluding hydrogens is 292 g/mol. The number of methoxy groups -OCH3 is 1. The van der Waals surface area contributed by atoms with E-state index in [4.69, 9.17) is 4.74 Å². The van der Waals surface area contributed by atoms with E-state index in [1.807, 2.05) is 18.5 Å². The Morgan fingerprint density at radius 3 is 2.78 bits per heavy atom. The molecule has 1 unspecified atom stereocenters. The molecule has 2 heterocycles. The highest BCUT2D eigenvalue weighted by molar-refractivity contribution is 5.92. The third-order valence-electron chi connectivity index (χ3n) is 4.85. The fourth-order valence-electron chi connectivity index (χ4n) is 3.34. The zero-order chi connectivity index (χ0) is 16.8. The van der Waals surface area contributed by atoms with Gasteiger partial charge in [-0.25, -0.2) is 0 Å². The second-order valence-corrected chi connectivity index (χ2v) is 6.58. The molecule has 0 aromatic carbocycles. The van der Waals surface area contributed by atoms with Crippen LogP contribution in [0.4, 0.5) is 5.69 Å². The van der Waals surface area contributed by atoms with E-state index in [0.717, 1.165) is 30.2 Å². The summed E-state index contributed by atoms with van der Waals surface area (Å²) in [5, 5.41) is 10.9. The Balaban J connectivity index is 1.93. The highest BCUT2D eigenvalue weighted by atomic mass is 16.5. The lowest BCUT2D eigenvalue weighted by Crippen LogP contribution is -2.32. The molecule has 0 aliphatic carbocycles. The van der Waals surface area contributed by atoms with Crippen molar-refractivity contribution in [2.75, 3.05) is 32.1 Å². The quantitative estimate of drug-likeness (QED) is 0.807. The van der Waals surface area contributed by atoms with Crippen LogP contribution in [0, 0.1) is 25.7 Å². The average molecular weight is 322 g/mol. The standard InChI is InChI=1S/C17H30N4O2/c1-12(15-5-7-18-8-6-15)11-16(22)19-17-13(2)20-21(14(17)3)9-10-23-4/h12,15,18H,5-11H2,1-4H3,(H,19,22). The molecular formula is C17H30N4O2. The molecule has 1 fully saturated rings. The number of ether oxygens (including phenoxy) is 1. The molecule has 1 aromatic rings. The summed E-state index contributed by atoms with van der Waals surface area (Å²) in [6, 6.07) is 0. The van der Waals surface area contributed by atoms with Crippen LogP contribution in [0.5, 0.6) is 0 Å². The van der Waals surface area contributed by atoms with Gasteiger partial charge in [-0.3, -0.25) is 9.48 Å². The van der Waals surface area contributed by atoms with Crippen LogP contribution in [-0.2, 0) is 16.1 Å². The number of carbonyl (C=O) groups is 1. The van der Waals surface area contributed by atoms with E-state index in [1.54, 1.807) is 7.11 Å². The van der Waals surface area contributed by atoms with Gasteiger partial charge >= 0.3 is 0 Å². The largest absolute Gasteiger partial charge is 0.383 e. The van der Waals surface area contributed by atoms with Crippen molar-refractivity contribution in [2.24, 2.45) is 11.8 Å². The van der Waals surface area contributed by atoms with Crippen molar-refractivity contribution in [3.8, 4) is 0 Å². The van der Waals surface area contributed by atoms with E-state index in [0.29, 0.717) is 31.4 Å². The van der Waals surface area contributed by atoms with Crippen molar-refractivity contribution >= 4 is 11.6 Å². The van der Waals surface area contributed by atoms with Crippen LogP contribution >= 0.6 is 0 Å². The number of aromatic nitrogens is 2. The Labute approximate surface area is 139 Å². The normalized spacial score (nSPS) is 17.2. The lowest BCUT2D eigenvalue weighted by atomic mass is 9.84. The van der Waals surface area contributed by atoms with E-state index in [1.165, 1.54) is 12.8 Å². The van der Waals surface area contributed by atoms with E-state index < -0.39 is 0 Å². The minimum absolute atomic E-state index is 0.0912. The van der Waals surface area contributed by atoms with Gasteiger partial charge in [-0.1, -0.05) is 6.92 Å². The van der Waals surface area contributed by atoms with Crippen molar-refractivity contribution in [3.63, 3.8) is 0 Å². The van der Waals surface area contributed by atoms with E-state index >= 15 is 0 Å². The van der Waals surface area contributed by atoms with Gasteiger partial charge in [0.1, 0.15) is 0 Å². The third kappa shape index (κ3) is 4.78. The number of aryl methyl sites for hydroxylation is 1. The maximum atomic E-state index is 12.4. The van der Waals surface area contributed by atoms with Crippen molar-refractivity contribution in [1.29, 1.82) is 0 Å². The Morgan fingerprint density at radius 2 is 2.13 bits per heavy atom. The van der Waals surface area contributed by atoms with Crippen LogP contribution in [0.25, 0.3) is 0 Å². The van der Waals surface area contributed by atoms with Gasteiger partial charge in [-0.05, 0) is 51.6 Å². The van der Waals surface area contributed by atoms with Crippen molar-refractivity contribution in [3.05, 3.63) is 11.4 Å². The van der Waals surface area contributed by atoms with Gasteiger partial charge in [0.25, 0.3) is 0 Å². The highest BCUT2D eigenvalue weighted by Gasteiger charge is 2.23. The molecule has 0 saturated carbocycles. The van der Waals surface area contributed by atoms with Gasteiger partial charge in [0.05, 0.1) is 30.2 Å². The molecule has 0 bridgehead atoms. The van der Waals surface area contributed by atoms with Gasteiger partial charge in [0, 0.05) is 13.5 Å². The summed E-state index contributed by atoms with van der Waals surface area (Å²) in [4.78, 5) is 12.4. The van der Waals surface area contributed by atoms with Gasteiger partial charge in [-0.2, -0.15) is 5.10 Å². The van der Waals surface area contributed by atoms with Gasteiger partial charge in [0.2, 0.25) is 5.91 Å². The van der Waals surface area contributed by atoms with Crippen LogP contribution in [0.15, 0.2) is 0 Å². The lowest BCUT2D eigenvalue weighted by Gasteiger charge is -2.27. The smallest absolute Gasteiger partial charge is 0.224 e. The minimum atomic E-state index is 0.0912. The Bertz CT molecular complexity index is 521. The molecule has 6 heteroatoms. The molecule has 1 saturated heterocycles. The van der Waals surface area contributed by atoms with Crippen molar-refractivity contribution < 1.29 is 9.53 Å². The maximum absolute atomic E-state index is 12.4. The van der Waals surface area contributed by atoms with Crippen LogP contribution in [0.2, 0.25) is 0 Å². The molecule has 1 aliphatic rings. The van der Waals surface area contributed by atoms with Gasteiger partial charge in [-0.15, -0.1) is 0 Å². The molecule has 1 atom stereocenters. The van der Waals surface area contributed by atoms with Crippen LogP contribution < -0.4 is 10.6 Å². The number of piperidine rings is 1. The first kappa shape index (κ1) is 17.9. The number of hydrogen-bond donors (Lipinski definition) is 2. The monoisotopic (exact) mass is 322 g/mol. The first-order valence-corrected chi connectivity index (χ1v) is 8.56. The zero-order valence-electron chi connectivity index (χ0n) is 14.8. The summed E-state index contributed by atoms with van der Waals surface area (Å²) < 4.78 is 6.99. The average Bonchev–Trinajstić information content (AvgIpc) is 2.81. The summed E-state index contributed by atoms with van der Waals surface area (Å²) in [7, 11) is 1.68. The summed E-state index contributed by atoms with van der Waals surface area (Å²) in [6.45, 7) is 9.57. The molecule has 23 heavy (non-hydrogen) atoms. The maximum Gasteiger partial charge on any atom is 0.224 e. The number of amides is 1. The van der Waals surface area contributed by atoms with Crippen molar-refractivity contribution in [2.45, 2.75) is 46.6 Å². The van der Waals surface area contributed by atoms with Crippen LogP contribution in [0.1, 0.15) is 37.6 Å². The summed E-state index contributed by atoms with van der Waals surface area (Å²) in [5.41, 5.74) is 2.70. The summed E-state index contributed by atoms with van der Waals surface area (Å²) in [6.07, 6.45) is 2.91. The number of nitrogens with one attached hydrogen (secondary N) is 2. The number of rotatable bonds is 7. The molecule has 0 spiro atoms. The molecule has 1 aliphatic heterocycles. The SMILES string of the molecule is COCCn1nc(C)c(NC(=O)CC(C)C2CCNCC2)c1C. The summed E-state index contributed by atoms with van der Waals surface area (Å²) >= 11 is 0. The number of nitrogens with zero attached hydrogens (tertiary/aromatic N) is 2. The fourth-order valence-corrected chi connectivity index (χ4v) is 3.34. The second-order valence-electron chi connectivity index (χ2n) is 6.58. The fraction of sp³-hybridized carbons (Fsp3) is 0.765. The van der Waals surface area contributed by atoms with Crippen molar-refractivity contribution in [1.82, 2.24) is 15.1 Å². The van der Waals surface area contributed by atoms with E-state index in [9.17, 15) is 4.79 Å². The number of hydrogen-bond acceptors (Lipinski definition) is 4. The Morgan fingerprint density at radius 1 is 1.43 bits per heavy atom. The third-order valence-corrected chi connectivity index (χ3v) is 4.85. The molecule has 6 nitrogen and oxygen atoms in total. The molecule has 2 rings (SSSR count). The van der Waals surface area contributed by atoms with E-state index in [2.05, 4.69) is 22.7 Å². The Hall–Kier alpha value is -1.40. The highest BCUT2D eigenvalue weighted by Crippen LogP contribution is 2.26. The Kier molecular flexibility index (Phi) is 6.59. The molecule has 0 radical (unpaired) electrons. The van der Waals surface area contributed by atoms with Gasteiger partial charge < -0.3 is 15.4 Å². The molecule has 1 amide bonds. The number of carbonyl (C=O) groups excluding carboxylic acids is 1. The van der Waals surface area contributed by atoms with E-state index in [-0.39, 0.29) is 5.91 Å². The lowest BCUT2D eigenvalue weighted by molar-refractivity contribution is -0.117. The molecule has 1 aromatic heterocycles. The predicted octanol–water partition coefficient (Wildman–Crippen LogP) is 2.11. The topological polar surface area (TPSA) is 68.2 Å². The second kappa shape index (κ2) is 8.45. The first-order valence-electron chi connectivity index (χ1n) is 8.56. The zero-order valence-corrected chi connectivity index (χ0v) is 14.8. The predicted molar refractivity (Wildman–Crippen MR) is 91.6 cm³/mol. The number of anilines is 1. The molecule has 130 valence electrons. The van der Waals surface area contributed by atoms with Crippen LogP contribution in [0.3, 0.4) is 0 Å². The first-order chi connectivity index (χ1) is 11.0. The van der Waals surface area contributed by atoms with Crippen LogP contribution in [-0.4, -0.2) is 42.5 Å². The van der Waals surface area contributed by atoms with Gasteiger partial charge in [0.15, 0.2) is 0 Å². The molecule has 2 N–H and O–H groups in total. The summed E-state index contributed by atoms with van der Waals surface area (Å²) in [5.74, 6) is 1.16.